The van der Waals surface area contributed by atoms with Crippen LogP contribution in [0, 0.1) is 0 Å². The van der Waals surface area contributed by atoms with Crippen LogP contribution in [0.15, 0.2) is 18.7 Å². The summed E-state index contributed by atoms with van der Waals surface area (Å²) in [7, 11) is 0. The van der Waals surface area contributed by atoms with Crippen molar-refractivity contribution in [2.45, 2.75) is 12.5 Å². The molecular weight excluding hydrogens is 198 g/mol. The number of hydrogen-bond acceptors (Lipinski definition) is 5. The van der Waals surface area contributed by atoms with E-state index >= 15 is 0 Å². The van der Waals surface area contributed by atoms with E-state index < -0.39 is 11.4 Å². The van der Waals surface area contributed by atoms with Crippen molar-refractivity contribution in [3.63, 3.8) is 0 Å². The highest BCUT2D eigenvalue weighted by Gasteiger charge is 2.25. The Kier molecular flexibility index (Phi) is 3.70. The maximum atomic E-state index is 11.6. The summed E-state index contributed by atoms with van der Waals surface area (Å²) >= 11 is 0. The van der Waals surface area contributed by atoms with Gasteiger partial charge in [0, 0.05) is 12.4 Å². The molecule has 3 N–H and O–H groups in total. The maximum Gasteiger partial charge on any atom is 0.254 e. The van der Waals surface area contributed by atoms with Crippen molar-refractivity contribution in [3.05, 3.63) is 24.3 Å². The molecule has 1 aromatic heterocycles. The Balaban J connectivity index is 2.72. The standard InChI is InChI=1S/C9H13N3O3/c1-9(4-13,5-14)12-8(15)7-2-10-6-11-3-7/h2-3,6,13-14H,4-5H2,1H3,(H,12,15). The number of nitrogens with one attached hydrogen (secondary N) is 1. The molecule has 0 unspecified atom stereocenters. The predicted octanol–water partition coefficient (Wildman–Crippen LogP) is -1.05. The van der Waals surface area contributed by atoms with Gasteiger partial charge in [-0.2, -0.15) is 0 Å². The van der Waals surface area contributed by atoms with Gasteiger partial charge in [-0.25, -0.2) is 9.97 Å². The highest BCUT2D eigenvalue weighted by atomic mass is 16.3. The van der Waals surface area contributed by atoms with Gasteiger partial charge < -0.3 is 15.5 Å². The molecule has 6 nitrogen and oxygen atoms in total. The first-order chi connectivity index (χ1) is 7.11. The Morgan fingerprint density at radius 2 is 1.93 bits per heavy atom. The summed E-state index contributed by atoms with van der Waals surface area (Å²) in [5, 5.41) is 20.4. The first-order valence-corrected chi connectivity index (χ1v) is 4.40. The van der Waals surface area contributed by atoms with Crippen molar-refractivity contribution in [1.29, 1.82) is 0 Å². The van der Waals surface area contributed by atoms with Crippen LogP contribution >= 0.6 is 0 Å². The molecule has 0 atom stereocenters. The van der Waals surface area contributed by atoms with Gasteiger partial charge in [-0.05, 0) is 6.92 Å². The van der Waals surface area contributed by atoms with E-state index in [4.69, 9.17) is 10.2 Å². The SMILES string of the molecule is CC(CO)(CO)NC(=O)c1cncnc1. The molecule has 1 rings (SSSR count). The third-order valence-corrected chi connectivity index (χ3v) is 1.94. The topological polar surface area (TPSA) is 95.3 Å². The van der Waals surface area contributed by atoms with E-state index in [1.165, 1.54) is 25.6 Å². The third kappa shape index (κ3) is 2.97. The normalized spacial score (nSPS) is 11.1. The number of carbonyl (C=O) groups is 1. The van der Waals surface area contributed by atoms with Gasteiger partial charge in [-0.15, -0.1) is 0 Å². The Hall–Kier alpha value is -1.53. The average molecular weight is 211 g/mol. The van der Waals surface area contributed by atoms with Crippen molar-refractivity contribution in [2.75, 3.05) is 13.2 Å². The zero-order chi connectivity index (χ0) is 11.3. The Bertz CT molecular complexity index is 325. The first-order valence-electron chi connectivity index (χ1n) is 4.40. The molecule has 1 aromatic rings. The molecule has 0 aliphatic carbocycles. The molecule has 0 aliphatic rings. The van der Waals surface area contributed by atoms with Crippen LogP contribution in [-0.2, 0) is 0 Å². The molecule has 6 heteroatoms. The van der Waals surface area contributed by atoms with E-state index in [0.717, 1.165) is 0 Å². The lowest BCUT2D eigenvalue weighted by Crippen LogP contribution is -2.51. The van der Waals surface area contributed by atoms with Crippen LogP contribution in [-0.4, -0.2) is 44.8 Å². The molecular formula is C9H13N3O3. The van der Waals surface area contributed by atoms with Crippen LogP contribution in [0.2, 0.25) is 0 Å². The van der Waals surface area contributed by atoms with Crippen LogP contribution in [0.5, 0.6) is 0 Å². The zero-order valence-electron chi connectivity index (χ0n) is 8.34. The van der Waals surface area contributed by atoms with Crippen molar-refractivity contribution in [1.82, 2.24) is 15.3 Å². The highest BCUT2D eigenvalue weighted by molar-refractivity contribution is 5.94. The lowest BCUT2D eigenvalue weighted by Gasteiger charge is -2.25. The fraction of sp³-hybridized carbons (Fsp3) is 0.444. The smallest absolute Gasteiger partial charge is 0.254 e. The summed E-state index contributed by atoms with van der Waals surface area (Å²) in [5.41, 5.74) is -0.752. The lowest BCUT2D eigenvalue weighted by atomic mass is 10.1. The number of aliphatic hydroxyl groups excluding tert-OH is 2. The van der Waals surface area contributed by atoms with E-state index in [-0.39, 0.29) is 18.8 Å². The largest absolute Gasteiger partial charge is 0.394 e. The number of nitrogens with zero attached hydrogens (tertiary/aromatic N) is 2. The molecule has 0 aromatic carbocycles. The Morgan fingerprint density at radius 3 is 2.40 bits per heavy atom. The van der Waals surface area contributed by atoms with Gasteiger partial charge in [0.15, 0.2) is 0 Å². The van der Waals surface area contributed by atoms with Crippen LogP contribution < -0.4 is 5.32 Å². The predicted molar refractivity (Wildman–Crippen MR) is 52.1 cm³/mol. The highest BCUT2D eigenvalue weighted by Crippen LogP contribution is 2.03. The monoisotopic (exact) mass is 211 g/mol. The van der Waals surface area contributed by atoms with E-state index in [1.807, 2.05) is 0 Å². The molecule has 0 fully saturated rings. The van der Waals surface area contributed by atoms with Gasteiger partial charge >= 0.3 is 0 Å². The van der Waals surface area contributed by atoms with E-state index in [9.17, 15) is 4.79 Å². The first kappa shape index (κ1) is 11.5. The fourth-order valence-corrected chi connectivity index (χ4v) is 0.892. The third-order valence-electron chi connectivity index (χ3n) is 1.94. The van der Waals surface area contributed by atoms with E-state index in [0.29, 0.717) is 0 Å². The minimum Gasteiger partial charge on any atom is -0.394 e. The lowest BCUT2D eigenvalue weighted by molar-refractivity contribution is 0.0723. The molecule has 0 bridgehead atoms. The van der Waals surface area contributed by atoms with Crippen LogP contribution in [0.3, 0.4) is 0 Å². The number of carbonyl (C=O) groups excluding carboxylic acids is 1. The fourth-order valence-electron chi connectivity index (χ4n) is 0.892. The van der Waals surface area contributed by atoms with Crippen molar-refractivity contribution >= 4 is 5.91 Å². The van der Waals surface area contributed by atoms with Gasteiger partial charge in [0.05, 0.1) is 24.3 Å². The molecule has 15 heavy (non-hydrogen) atoms. The Morgan fingerprint density at radius 1 is 1.40 bits per heavy atom. The number of aromatic nitrogens is 2. The molecule has 0 aliphatic heterocycles. The van der Waals surface area contributed by atoms with Gasteiger partial charge in [0.2, 0.25) is 0 Å². The summed E-state index contributed by atoms with van der Waals surface area (Å²) in [6, 6.07) is 0. The summed E-state index contributed by atoms with van der Waals surface area (Å²) in [6.07, 6.45) is 4.03. The summed E-state index contributed by atoms with van der Waals surface area (Å²) in [6.45, 7) is 0.848. The molecule has 0 spiro atoms. The van der Waals surface area contributed by atoms with Crippen molar-refractivity contribution in [3.8, 4) is 0 Å². The zero-order valence-corrected chi connectivity index (χ0v) is 8.34. The van der Waals surface area contributed by atoms with E-state index in [2.05, 4.69) is 15.3 Å². The van der Waals surface area contributed by atoms with Gasteiger partial charge in [-0.1, -0.05) is 0 Å². The summed E-state index contributed by atoms with van der Waals surface area (Å²) in [4.78, 5) is 18.9. The van der Waals surface area contributed by atoms with Crippen molar-refractivity contribution < 1.29 is 15.0 Å². The van der Waals surface area contributed by atoms with Gasteiger partial charge in [0.25, 0.3) is 5.91 Å². The van der Waals surface area contributed by atoms with Gasteiger partial charge in [-0.3, -0.25) is 4.79 Å². The number of amides is 1. The van der Waals surface area contributed by atoms with Crippen LogP contribution in [0.4, 0.5) is 0 Å². The molecule has 1 heterocycles. The second kappa shape index (κ2) is 4.81. The number of hydrogen-bond donors (Lipinski definition) is 3. The quantitative estimate of drug-likeness (QED) is 0.590. The minimum absolute atomic E-state index is 0.283. The second-order valence-electron chi connectivity index (χ2n) is 3.46. The minimum atomic E-state index is -1.03. The summed E-state index contributed by atoms with van der Waals surface area (Å²) < 4.78 is 0. The van der Waals surface area contributed by atoms with Gasteiger partial charge in [0.1, 0.15) is 6.33 Å². The summed E-state index contributed by atoms with van der Waals surface area (Å²) in [5.74, 6) is -0.429. The van der Waals surface area contributed by atoms with E-state index in [1.54, 1.807) is 0 Å². The van der Waals surface area contributed by atoms with Crippen LogP contribution in [0.1, 0.15) is 17.3 Å². The second-order valence-corrected chi connectivity index (χ2v) is 3.46. The molecule has 0 saturated carbocycles. The molecule has 0 saturated heterocycles. The molecule has 0 radical (unpaired) electrons. The van der Waals surface area contributed by atoms with Crippen LogP contribution in [0.25, 0.3) is 0 Å². The number of rotatable bonds is 4. The van der Waals surface area contributed by atoms with Crippen molar-refractivity contribution in [2.24, 2.45) is 0 Å². The number of aliphatic hydroxyl groups is 2. The molecule has 1 amide bonds. The Labute approximate surface area is 87.0 Å². The maximum absolute atomic E-state index is 11.6. The average Bonchev–Trinajstić information content (AvgIpc) is 2.30. The molecule has 82 valence electrons.